The number of hydrogen-bond acceptors (Lipinski definition) is 3. The Kier molecular flexibility index (Phi) is 7.25. The van der Waals surface area contributed by atoms with E-state index in [9.17, 15) is 0 Å². The number of rotatable bonds is 7. The number of aliphatic imine (C=N–C) groups is 1. The van der Waals surface area contributed by atoms with Crippen LogP contribution in [0.3, 0.4) is 0 Å². The van der Waals surface area contributed by atoms with Crippen LogP contribution < -0.4 is 10.6 Å². The Morgan fingerprint density at radius 2 is 1.13 bits per heavy atom. The van der Waals surface area contributed by atoms with Crippen molar-refractivity contribution in [3.8, 4) is 0 Å². The molecule has 0 fully saturated rings. The summed E-state index contributed by atoms with van der Waals surface area (Å²) in [7, 11) is -2.43. The molecular formula is C35H28N3P. The van der Waals surface area contributed by atoms with E-state index < -0.39 is 7.05 Å². The Hall–Kier alpha value is -4.59. The molecule has 6 rings (SSSR count). The van der Waals surface area contributed by atoms with E-state index in [1.54, 1.807) is 0 Å². The van der Waals surface area contributed by atoms with Crippen LogP contribution in [-0.4, -0.2) is 16.9 Å². The summed E-state index contributed by atoms with van der Waals surface area (Å²) in [6.45, 7) is 0. The van der Waals surface area contributed by atoms with Crippen LogP contribution in [0, 0.1) is 0 Å². The number of nitrogens with zero attached hydrogens (tertiary/aromatic N) is 3. The van der Waals surface area contributed by atoms with E-state index in [1.165, 1.54) is 10.6 Å². The molecular weight excluding hydrogens is 493 g/mol. The molecule has 0 aliphatic carbocycles. The maximum Gasteiger partial charge on any atom is 0.0957 e. The van der Waals surface area contributed by atoms with Crippen LogP contribution in [0.1, 0.15) is 5.56 Å². The Labute approximate surface area is 229 Å². The SMILES string of the molecule is c1ccc(N=C(CP(=Nc2cccc3cccnc23)(c2ccccc2)c2ccccc2)c2ccccc2)cc1. The highest BCUT2D eigenvalue weighted by molar-refractivity contribution is 7.81. The molecule has 1 aromatic heterocycles. The van der Waals surface area contributed by atoms with Gasteiger partial charge in [0, 0.05) is 24.8 Å². The summed E-state index contributed by atoms with van der Waals surface area (Å²) < 4.78 is 5.73. The quantitative estimate of drug-likeness (QED) is 0.153. The van der Waals surface area contributed by atoms with Gasteiger partial charge in [0.1, 0.15) is 0 Å². The van der Waals surface area contributed by atoms with Crippen LogP contribution in [0.25, 0.3) is 10.9 Å². The number of para-hydroxylation sites is 2. The fourth-order valence-corrected chi connectivity index (χ4v) is 8.39. The van der Waals surface area contributed by atoms with E-state index in [1.807, 2.05) is 36.5 Å². The Morgan fingerprint density at radius 3 is 1.77 bits per heavy atom. The topological polar surface area (TPSA) is 37.6 Å². The summed E-state index contributed by atoms with van der Waals surface area (Å²) in [5.41, 5.74) is 4.87. The van der Waals surface area contributed by atoms with Gasteiger partial charge in [0.2, 0.25) is 0 Å². The normalized spacial score (nSPS) is 11.8. The van der Waals surface area contributed by atoms with Gasteiger partial charge in [-0.05, 0) is 40.4 Å². The lowest BCUT2D eigenvalue weighted by molar-refractivity contribution is 1.39. The summed E-state index contributed by atoms with van der Waals surface area (Å²) in [5, 5.41) is 3.50. The van der Waals surface area contributed by atoms with Gasteiger partial charge in [-0.25, -0.2) is 0 Å². The van der Waals surface area contributed by atoms with Crippen LogP contribution in [0.2, 0.25) is 0 Å². The van der Waals surface area contributed by atoms with Crippen molar-refractivity contribution in [3.63, 3.8) is 0 Å². The lowest BCUT2D eigenvalue weighted by atomic mass is 10.1. The van der Waals surface area contributed by atoms with E-state index in [4.69, 9.17) is 14.7 Å². The summed E-state index contributed by atoms with van der Waals surface area (Å²) in [6.07, 6.45) is 2.52. The van der Waals surface area contributed by atoms with Gasteiger partial charge in [-0.15, -0.1) is 0 Å². The molecule has 0 bridgehead atoms. The highest BCUT2D eigenvalue weighted by atomic mass is 31.2. The fraction of sp³-hybridized carbons (Fsp3) is 0.0286. The molecule has 0 aliphatic heterocycles. The van der Waals surface area contributed by atoms with Crippen molar-refractivity contribution in [1.82, 2.24) is 4.98 Å². The van der Waals surface area contributed by atoms with E-state index in [2.05, 4.69) is 121 Å². The molecule has 0 N–H and O–H groups in total. The predicted molar refractivity (Wildman–Crippen MR) is 167 cm³/mol. The van der Waals surface area contributed by atoms with Gasteiger partial charge in [-0.1, -0.05) is 127 Å². The zero-order chi connectivity index (χ0) is 26.3. The van der Waals surface area contributed by atoms with E-state index in [0.717, 1.165) is 33.6 Å². The first kappa shape index (κ1) is 24.7. The lowest BCUT2D eigenvalue weighted by Crippen LogP contribution is -2.23. The number of pyridine rings is 1. The summed E-state index contributed by atoms with van der Waals surface area (Å²) in [6, 6.07) is 52.5. The minimum atomic E-state index is -2.43. The van der Waals surface area contributed by atoms with E-state index >= 15 is 0 Å². The van der Waals surface area contributed by atoms with Gasteiger partial charge in [-0.2, -0.15) is 0 Å². The van der Waals surface area contributed by atoms with Gasteiger partial charge >= 0.3 is 0 Å². The van der Waals surface area contributed by atoms with Crippen molar-refractivity contribution >= 4 is 45.7 Å². The van der Waals surface area contributed by atoms with Gasteiger partial charge in [0.05, 0.1) is 22.6 Å². The number of aromatic nitrogens is 1. The molecule has 188 valence electrons. The average molecular weight is 522 g/mol. The molecule has 0 spiro atoms. The van der Waals surface area contributed by atoms with Crippen molar-refractivity contribution in [3.05, 3.63) is 163 Å². The average Bonchev–Trinajstić information content (AvgIpc) is 3.02. The first-order valence-corrected chi connectivity index (χ1v) is 15.0. The third-order valence-corrected chi connectivity index (χ3v) is 10.4. The molecule has 0 saturated carbocycles. The minimum Gasteiger partial charge on any atom is -0.256 e. The zero-order valence-electron chi connectivity index (χ0n) is 21.5. The Morgan fingerprint density at radius 1 is 0.564 bits per heavy atom. The highest BCUT2D eigenvalue weighted by Crippen LogP contribution is 2.51. The smallest absolute Gasteiger partial charge is 0.0957 e. The molecule has 0 radical (unpaired) electrons. The van der Waals surface area contributed by atoms with Gasteiger partial charge in [0.25, 0.3) is 0 Å². The third kappa shape index (κ3) is 5.36. The third-order valence-electron chi connectivity index (χ3n) is 6.76. The zero-order valence-corrected chi connectivity index (χ0v) is 22.4. The van der Waals surface area contributed by atoms with E-state index in [0.29, 0.717) is 6.16 Å². The van der Waals surface area contributed by atoms with Crippen LogP contribution in [0.5, 0.6) is 0 Å². The first-order valence-electron chi connectivity index (χ1n) is 13.1. The maximum absolute atomic E-state index is 5.73. The molecule has 1 heterocycles. The highest BCUT2D eigenvalue weighted by Gasteiger charge is 2.28. The second-order valence-electron chi connectivity index (χ2n) is 9.31. The lowest BCUT2D eigenvalue weighted by Gasteiger charge is -2.27. The largest absolute Gasteiger partial charge is 0.256 e. The van der Waals surface area contributed by atoms with Gasteiger partial charge in [0.15, 0.2) is 0 Å². The monoisotopic (exact) mass is 521 g/mol. The fourth-order valence-electron chi connectivity index (χ4n) is 4.88. The minimum absolute atomic E-state index is 0.670. The van der Waals surface area contributed by atoms with Crippen molar-refractivity contribution in [1.29, 1.82) is 0 Å². The Bertz CT molecular complexity index is 1720. The van der Waals surface area contributed by atoms with Crippen molar-refractivity contribution in [2.45, 2.75) is 0 Å². The number of fused-ring (bicyclic) bond motifs is 1. The summed E-state index contributed by atoms with van der Waals surface area (Å²) in [5.74, 6) is 0. The molecule has 0 amide bonds. The molecule has 0 saturated heterocycles. The van der Waals surface area contributed by atoms with Gasteiger partial charge in [-0.3, -0.25) is 14.7 Å². The van der Waals surface area contributed by atoms with E-state index in [-0.39, 0.29) is 0 Å². The van der Waals surface area contributed by atoms with Crippen LogP contribution in [-0.2, 0) is 0 Å². The second-order valence-corrected chi connectivity index (χ2v) is 12.4. The van der Waals surface area contributed by atoms with Crippen LogP contribution in [0.4, 0.5) is 11.4 Å². The number of hydrogen-bond donors (Lipinski definition) is 0. The van der Waals surface area contributed by atoms with Crippen molar-refractivity contribution in [2.24, 2.45) is 9.74 Å². The molecule has 0 atom stereocenters. The van der Waals surface area contributed by atoms with Crippen molar-refractivity contribution in [2.75, 3.05) is 6.16 Å². The molecule has 6 aromatic rings. The van der Waals surface area contributed by atoms with Crippen LogP contribution in [0.15, 0.2) is 168 Å². The summed E-state index contributed by atoms with van der Waals surface area (Å²) in [4.78, 5) is 9.99. The second kappa shape index (κ2) is 11.4. The molecule has 0 aliphatic rings. The maximum atomic E-state index is 5.73. The summed E-state index contributed by atoms with van der Waals surface area (Å²) >= 11 is 0. The molecule has 0 unspecified atom stereocenters. The molecule has 3 nitrogen and oxygen atoms in total. The van der Waals surface area contributed by atoms with Crippen molar-refractivity contribution < 1.29 is 0 Å². The molecule has 4 heteroatoms. The van der Waals surface area contributed by atoms with Gasteiger partial charge < -0.3 is 0 Å². The molecule has 5 aromatic carbocycles. The van der Waals surface area contributed by atoms with Crippen LogP contribution >= 0.6 is 7.05 Å². The standard InChI is InChI=1S/C35H28N3P/c1-5-15-28(16-6-1)34(37-30-19-7-2-8-20-30)27-39(31-21-9-3-10-22-31,32-23-11-4-12-24-32)38-33-25-13-17-29-18-14-26-36-35(29)33/h1-26H,27H2. The predicted octanol–water partition coefficient (Wildman–Crippen LogP) is 8.54. The number of benzene rings is 5. The first-order chi connectivity index (χ1) is 19.3. The molecule has 39 heavy (non-hydrogen) atoms. The Balaban J connectivity index is 1.68.